The Morgan fingerprint density at radius 1 is 1.14 bits per heavy atom. The van der Waals surface area contributed by atoms with Crippen molar-refractivity contribution in [2.24, 2.45) is 0 Å². The molecule has 4 heteroatoms. The number of anilines is 1. The predicted molar refractivity (Wildman–Crippen MR) is 55.0 cm³/mol. The van der Waals surface area contributed by atoms with Gasteiger partial charge in [-0.3, -0.25) is 4.98 Å². The second-order valence-corrected chi connectivity index (χ2v) is 2.96. The maximum atomic E-state index is 3.97. The van der Waals surface area contributed by atoms with Crippen molar-refractivity contribution in [3.8, 4) is 0 Å². The van der Waals surface area contributed by atoms with Gasteiger partial charge in [-0.25, -0.2) is 4.98 Å². The molecular formula is C10H12N4. The fraction of sp³-hybridized carbons (Fsp3) is 0.200. The molecule has 0 fully saturated rings. The van der Waals surface area contributed by atoms with Crippen molar-refractivity contribution in [3.05, 3.63) is 43.2 Å². The Labute approximate surface area is 82.6 Å². The Morgan fingerprint density at radius 3 is 2.71 bits per heavy atom. The molecule has 2 aromatic rings. The van der Waals surface area contributed by atoms with E-state index in [1.54, 1.807) is 18.6 Å². The van der Waals surface area contributed by atoms with Gasteiger partial charge in [-0.05, 0) is 12.1 Å². The highest BCUT2D eigenvalue weighted by atomic mass is 15.0. The molecule has 0 amide bonds. The summed E-state index contributed by atoms with van der Waals surface area (Å²) in [5.41, 5.74) is 1.10. The Morgan fingerprint density at radius 2 is 2.00 bits per heavy atom. The molecule has 0 aliphatic heterocycles. The zero-order valence-electron chi connectivity index (χ0n) is 7.80. The first kappa shape index (κ1) is 8.74. The Bertz CT molecular complexity index is 355. The summed E-state index contributed by atoms with van der Waals surface area (Å²) in [4.78, 5) is 7.92. The molecule has 14 heavy (non-hydrogen) atoms. The van der Waals surface area contributed by atoms with E-state index in [-0.39, 0.29) is 0 Å². The zero-order valence-corrected chi connectivity index (χ0v) is 7.80. The van der Waals surface area contributed by atoms with Gasteiger partial charge >= 0.3 is 0 Å². The number of rotatable bonds is 4. The van der Waals surface area contributed by atoms with E-state index in [2.05, 4.69) is 15.3 Å². The lowest BCUT2D eigenvalue weighted by Gasteiger charge is -2.05. The van der Waals surface area contributed by atoms with Crippen LogP contribution >= 0.6 is 0 Å². The molecule has 0 unspecified atom stereocenters. The second kappa shape index (κ2) is 4.41. The summed E-state index contributed by atoms with van der Waals surface area (Å²) in [7, 11) is 0. The van der Waals surface area contributed by atoms with E-state index in [4.69, 9.17) is 0 Å². The molecule has 0 aliphatic rings. The molecule has 0 aliphatic carbocycles. The molecule has 0 saturated heterocycles. The number of hydrogen-bond donors (Lipinski definition) is 1. The molecule has 0 spiro atoms. The van der Waals surface area contributed by atoms with Gasteiger partial charge in [0.05, 0.1) is 6.33 Å². The van der Waals surface area contributed by atoms with E-state index in [1.165, 1.54) is 0 Å². The van der Waals surface area contributed by atoms with E-state index < -0.39 is 0 Å². The molecule has 1 N–H and O–H groups in total. The van der Waals surface area contributed by atoms with Crippen LogP contribution < -0.4 is 5.32 Å². The smallest absolute Gasteiger partial charge is 0.0946 e. The lowest BCUT2D eigenvalue weighted by atomic mass is 10.4. The highest BCUT2D eigenvalue weighted by Gasteiger charge is 1.90. The van der Waals surface area contributed by atoms with Gasteiger partial charge in [0.1, 0.15) is 0 Å². The van der Waals surface area contributed by atoms with Crippen molar-refractivity contribution in [1.82, 2.24) is 14.5 Å². The molecule has 2 aromatic heterocycles. The molecule has 0 aromatic carbocycles. The quantitative estimate of drug-likeness (QED) is 0.788. The molecule has 2 rings (SSSR count). The zero-order chi connectivity index (χ0) is 9.64. The molecule has 0 saturated carbocycles. The average molecular weight is 188 g/mol. The van der Waals surface area contributed by atoms with Crippen LogP contribution in [0.25, 0.3) is 0 Å². The van der Waals surface area contributed by atoms with E-state index in [0.717, 1.165) is 18.8 Å². The van der Waals surface area contributed by atoms with Gasteiger partial charge in [0, 0.05) is 43.6 Å². The number of pyridine rings is 1. The van der Waals surface area contributed by atoms with Crippen molar-refractivity contribution >= 4 is 5.69 Å². The number of nitrogens with one attached hydrogen (secondary N) is 1. The minimum Gasteiger partial charge on any atom is -0.383 e. The summed E-state index contributed by atoms with van der Waals surface area (Å²) in [6.45, 7) is 1.81. The first-order chi connectivity index (χ1) is 6.95. The maximum Gasteiger partial charge on any atom is 0.0946 e. The Hall–Kier alpha value is -1.84. The average Bonchev–Trinajstić information content (AvgIpc) is 2.72. The second-order valence-electron chi connectivity index (χ2n) is 2.96. The lowest BCUT2D eigenvalue weighted by Crippen LogP contribution is -2.08. The molecular weight excluding hydrogens is 176 g/mol. The normalized spacial score (nSPS) is 10.0. The third-order valence-corrected chi connectivity index (χ3v) is 1.94. The summed E-state index contributed by atoms with van der Waals surface area (Å²) in [5, 5.41) is 3.29. The molecule has 4 nitrogen and oxygen atoms in total. The van der Waals surface area contributed by atoms with E-state index >= 15 is 0 Å². The highest BCUT2D eigenvalue weighted by molar-refractivity contribution is 5.40. The van der Waals surface area contributed by atoms with Gasteiger partial charge in [0.25, 0.3) is 0 Å². The van der Waals surface area contributed by atoms with Crippen LogP contribution in [-0.4, -0.2) is 21.1 Å². The number of imidazole rings is 1. The predicted octanol–water partition coefficient (Wildman–Crippen LogP) is 1.39. The molecule has 0 radical (unpaired) electrons. The minimum absolute atomic E-state index is 0.889. The van der Waals surface area contributed by atoms with E-state index in [1.807, 2.05) is 29.2 Å². The van der Waals surface area contributed by atoms with Crippen LogP contribution in [0.1, 0.15) is 0 Å². The van der Waals surface area contributed by atoms with Crippen molar-refractivity contribution in [2.75, 3.05) is 11.9 Å². The van der Waals surface area contributed by atoms with Crippen LogP contribution in [0.2, 0.25) is 0 Å². The van der Waals surface area contributed by atoms with E-state index in [0.29, 0.717) is 0 Å². The summed E-state index contributed by atoms with van der Waals surface area (Å²) in [5.74, 6) is 0. The SMILES string of the molecule is c1cc(NCCn2ccnc2)ccn1. The third kappa shape index (κ3) is 2.32. The van der Waals surface area contributed by atoms with Crippen LogP contribution in [-0.2, 0) is 6.54 Å². The van der Waals surface area contributed by atoms with Gasteiger partial charge in [0.2, 0.25) is 0 Å². The summed E-state index contributed by atoms with van der Waals surface area (Å²) < 4.78 is 2.04. The van der Waals surface area contributed by atoms with Crippen LogP contribution in [0.4, 0.5) is 5.69 Å². The molecule has 0 bridgehead atoms. The van der Waals surface area contributed by atoms with Gasteiger partial charge < -0.3 is 9.88 Å². The summed E-state index contributed by atoms with van der Waals surface area (Å²) in [6, 6.07) is 3.90. The fourth-order valence-electron chi connectivity index (χ4n) is 1.22. The monoisotopic (exact) mass is 188 g/mol. The van der Waals surface area contributed by atoms with Crippen molar-refractivity contribution in [1.29, 1.82) is 0 Å². The summed E-state index contributed by atoms with van der Waals surface area (Å²) >= 11 is 0. The minimum atomic E-state index is 0.889. The van der Waals surface area contributed by atoms with Crippen LogP contribution in [0.5, 0.6) is 0 Å². The highest BCUT2D eigenvalue weighted by Crippen LogP contribution is 2.02. The van der Waals surface area contributed by atoms with Crippen molar-refractivity contribution < 1.29 is 0 Å². The third-order valence-electron chi connectivity index (χ3n) is 1.94. The number of aromatic nitrogens is 3. The van der Waals surface area contributed by atoms with Crippen LogP contribution in [0.15, 0.2) is 43.2 Å². The first-order valence-electron chi connectivity index (χ1n) is 4.55. The first-order valence-corrected chi connectivity index (χ1v) is 4.55. The molecule has 72 valence electrons. The fourth-order valence-corrected chi connectivity index (χ4v) is 1.22. The Balaban J connectivity index is 1.79. The standard InChI is InChI=1S/C10H12N4/c1-3-11-4-2-10(1)13-6-8-14-7-5-12-9-14/h1-5,7,9H,6,8H2,(H,11,13). The van der Waals surface area contributed by atoms with Gasteiger partial charge in [-0.2, -0.15) is 0 Å². The summed E-state index contributed by atoms with van der Waals surface area (Å²) in [6.07, 6.45) is 9.11. The number of hydrogen-bond acceptors (Lipinski definition) is 3. The van der Waals surface area contributed by atoms with Gasteiger partial charge in [-0.1, -0.05) is 0 Å². The largest absolute Gasteiger partial charge is 0.383 e. The van der Waals surface area contributed by atoms with Crippen molar-refractivity contribution in [3.63, 3.8) is 0 Å². The molecule has 0 atom stereocenters. The van der Waals surface area contributed by atoms with Crippen LogP contribution in [0, 0.1) is 0 Å². The molecule has 2 heterocycles. The topological polar surface area (TPSA) is 42.7 Å². The van der Waals surface area contributed by atoms with Crippen molar-refractivity contribution in [2.45, 2.75) is 6.54 Å². The van der Waals surface area contributed by atoms with Gasteiger partial charge in [-0.15, -0.1) is 0 Å². The maximum absolute atomic E-state index is 3.97. The Kier molecular flexibility index (Phi) is 2.76. The lowest BCUT2D eigenvalue weighted by molar-refractivity contribution is 0.727. The van der Waals surface area contributed by atoms with Crippen LogP contribution in [0.3, 0.4) is 0 Å². The van der Waals surface area contributed by atoms with E-state index in [9.17, 15) is 0 Å². The van der Waals surface area contributed by atoms with Gasteiger partial charge in [0.15, 0.2) is 0 Å². The number of nitrogens with zero attached hydrogens (tertiary/aromatic N) is 3.